The Hall–Kier alpha value is -3.84. The number of benzene rings is 3. The summed E-state index contributed by atoms with van der Waals surface area (Å²) in [5.41, 5.74) is 4.49. The van der Waals surface area contributed by atoms with Gasteiger partial charge < -0.3 is 14.8 Å². The largest absolute Gasteiger partial charge is 0.497 e. The first-order valence-corrected chi connectivity index (χ1v) is 11.5. The van der Waals surface area contributed by atoms with Gasteiger partial charge in [0.15, 0.2) is 0 Å². The predicted molar refractivity (Wildman–Crippen MR) is 137 cm³/mol. The molecule has 8 heteroatoms. The first-order valence-electron chi connectivity index (χ1n) is 11.1. The third-order valence-corrected chi connectivity index (χ3v) is 5.60. The van der Waals surface area contributed by atoms with Crippen molar-refractivity contribution in [2.75, 3.05) is 7.11 Å². The topological polar surface area (TPSA) is 89.0 Å². The number of para-hydroxylation sites is 1. The number of carbonyl (C=O) groups excluding carboxylic acids is 2. The van der Waals surface area contributed by atoms with Gasteiger partial charge in [-0.25, -0.2) is 5.43 Å². The lowest BCUT2D eigenvalue weighted by Gasteiger charge is -2.20. The van der Waals surface area contributed by atoms with E-state index in [1.54, 1.807) is 31.4 Å². The summed E-state index contributed by atoms with van der Waals surface area (Å²) in [6.07, 6.45) is 1.50. The summed E-state index contributed by atoms with van der Waals surface area (Å²) in [5, 5.41) is 7.48. The van der Waals surface area contributed by atoms with Gasteiger partial charge in [-0.05, 0) is 48.4 Å². The zero-order valence-electron chi connectivity index (χ0n) is 19.8. The molecule has 0 saturated heterocycles. The normalized spacial score (nSPS) is 11.8. The van der Waals surface area contributed by atoms with Gasteiger partial charge in [-0.3, -0.25) is 9.59 Å². The molecule has 0 heterocycles. The van der Waals surface area contributed by atoms with Crippen molar-refractivity contribution in [2.24, 2.45) is 11.0 Å². The maximum atomic E-state index is 12.8. The molecule has 0 radical (unpaired) electrons. The van der Waals surface area contributed by atoms with Crippen LogP contribution in [0.15, 0.2) is 77.9 Å². The van der Waals surface area contributed by atoms with Crippen LogP contribution in [-0.4, -0.2) is 31.2 Å². The summed E-state index contributed by atoms with van der Waals surface area (Å²) in [4.78, 5) is 25.4. The molecule has 0 aliphatic carbocycles. The first-order chi connectivity index (χ1) is 16.9. The van der Waals surface area contributed by atoms with Crippen LogP contribution in [0.5, 0.6) is 11.5 Å². The smallest absolute Gasteiger partial charge is 0.262 e. The van der Waals surface area contributed by atoms with Gasteiger partial charge in [0.25, 0.3) is 11.8 Å². The molecule has 35 heavy (non-hydrogen) atoms. The minimum atomic E-state index is -0.770. The van der Waals surface area contributed by atoms with Crippen LogP contribution in [0, 0.1) is 5.92 Å². The Labute approximate surface area is 210 Å². The number of nitrogens with one attached hydrogen (secondary N) is 2. The van der Waals surface area contributed by atoms with Gasteiger partial charge in [0.1, 0.15) is 24.1 Å². The Bertz CT molecular complexity index is 1180. The van der Waals surface area contributed by atoms with Crippen molar-refractivity contribution in [3.05, 3.63) is 94.5 Å². The Morgan fingerprint density at radius 3 is 2.37 bits per heavy atom. The lowest BCUT2D eigenvalue weighted by molar-refractivity contribution is -0.123. The van der Waals surface area contributed by atoms with Gasteiger partial charge in [-0.1, -0.05) is 55.8 Å². The van der Waals surface area contributed by atoms with E-state index in [1.165, 1.54) is 6.21 Å². The van der Waals surface area contributed by atoms with Crippen LogP contribution in [0.4, 0.5) is 0 Å². The highest BCUT2D eigenvalue weighted by molar-refractivity contribution is 6.31. The first kappa shape index (κ1) is 25.8. The molecule has 0 spiro atoms. The second-order valence-corrected chi connectivity index (χ2v) is 8.48. The van der Waals surface area contributed by atoms with E-state index in [0.717, 1.165) is 5.56 Å². The van der Waals surface area contributed by atoms with E-state index in [0.29, 0.717) is 34.3 Å². The van der Waals surface area contributed by atoms with Crippen LogP contribution in [0.2, 0.25) is 5.02 Å². The number of nitrogens with zero attached hydrogens (tertiary/aromatic N) is 1. The molecule has 0 bridgehead atoms. The number of hydrogen-bond acceptors (Lipinski definition) is 5. The van der Waals surface area contributed by atoms with E-state index < -0.39 is 11.9 Å². The van der Waals surface area contributed by atoms with Crippen molar-refractivity contribution >= 4 is 29.6 Å². The summed E-state index contributed by atoms with van der Waals surface area (Å²) < 4.78 is 11.0. The van der Waals surface area contributed by atoms with E-state index >= 15 is 0 Å². The molecule has 0 aliphatic heterocycles. The van der Waals surface area contributed by atoms with Crippen LogP contribution in [-0.2, 0) is 11.4 Å². The van der Waals surface area contributed by atoms with E-state index in [2.05, 4.69) is 15.8 Å². The molecule has 3 rings (SSSR count). The van der Waals surface area contributed by atoms with Crippen molar-refractivity contribution in [1.82, 2.24) is 10.7 Å². The highest BCUT2D eigenvalue weighted by Gasteiger charge is 2.24. The molecular formula is C27H28ClN3O4. The molecule has 0 aromatic heterocycles. The van der Waals surface area contributed by atoms with Gasteiger partial charge in [-0.15, -0.1) is 0 Å². The third-order valence-electron chi connectivity index (χ3n) is 5.23. The quantitative estimate of drug-likeness (QED) is 0.312. The van der Waals surface area contributed by atoms with E-state index in [1.807, 2.05) is 62.4 Å². The molecule has 1 unspecified atom stereocenters. The van der Waals surface area contributed by atoms with Crippen molar-refractivity contribution < 1.29 is 19.1 Å². The molecule has 3 aromatic carbocycles. The van der Waals surface area contributed by atoms with Crippen LogP contribution in [0.3, 0.4) is 0 Å². The van der Waals surface area contributed by atoms with E-state index in [9.17, 15) is 9.59 Å². The molecule has 2 N–H and O–H groups in total. The van der Waals surface area contributed by atoms with Crippen molar-refractivity contribution in [3.8, 4) is 11.5 Å². The average molecular weight is 494 g/mol. The Balaban J connectivity index is 1.62. The summed E-state index contributed by atoms with van der Waals surface area (Å²) in [7, 11) is 1.55. The van der Waals surface area contributed by atoms with Gasteiger partial charge in [0, 0.05) is 21.7 Å². The van der Waals surface area contributed by atoms with Gasteiger partial charge in [-0.2, -0.15) is 5.10 Å². The molecule has 7 nitrogen and oxygen atoms in total. The standard InChI is InChI=1S/C27H28ClN3O4/c1-18(2)25(30-26(32)19-12-14-22(34-3)15-13-19)27(33)31-29-16-20-8-5-7-11-24(20)35-17-21-9-4-6-10-23(21)28/h4-16,18,25H,17H2,1-3H3,(H,30,32)(H,31,33). The molecule has 3 aromatic rings. The van der Waals surface area contributed by atoms with Gasteiger partial charge in [0.2, 0.25) is 0 Å². The predicted octanol–water partition coefficient (Wildman–Crippen LogP) is 4.83. The van der Waals surface area contributed by atoms with Crippen molar-refractivity contribution in [2.45, 2.75) is 26.5 Å². The third kappa shape index (κ3) is 7.32. The summed E-state index contributed by atoms with van der Waals surface area (Å²) in [5.74, 6) is 0.304. The number of carbonyl (C=O) groups is 2. The summed E-state index contributed by atoms with van der Waals surface area (Å²) in [6, 6.07) is 20.7. The number of methoxy groups -OCH3 is 1. The number of hydrogen-bond donors (Lipinski definition) is 2. The van der Waals surface area contributed by atoms with Crippen LogP contribution in [0.1, 0.15) is 35.3 Å². The highest BCUT2D eigenvalue weighted by atomic mass is 35.5. The molecule has 0 saturated carbocycles. The Morgan fingerprint density at radius 1 is 1.00 bits per heavy atom. The van der Waals surface area contributed by atoms with Gasteiger partial charge >= 0.3 is 0 Å². The summed E-state index contributed by atoms with van der Waals surface area (Å²) in [6.45, 7) is 3.99. The fourth-order valence-corrected chi connectivity index (χ4v) is 3.42. The zero-order chi connectivity index (χ0) is 25.2. The summed E-state index contributed by atoms with van der Waals surface area (Å²) >= 11 is 6.20. The number of rotatable bonds is 10. The fourth-order valence-electron chi connectivity index (χ4n) is 3.23. The number of halogens is 1. The van der Waals surface area contributed by atoms with Crippen molar-refractivity contribution in [1.29, 1.82) is 0 Å². The maximum absolute atomic E-state index is 12.8. The average Bonchev–Trinajstić information content (AvgIpc) is 2.87. The molecule has 0 fully saturated rings. The molecule has 0 aliphatic rings. The lowest BCUT2D eigenvalue weighted by Crippen LogP contribution is -2.48. The van der Waals surface area contributed by atoms with Crippen molar-refractivity contribution in [3.63, 3.8) is 0 Å². The minimum absolute atomic E-state index is 0.154. The molecular weight excluding hydrogens is 466 g/mol. The van der Waals surface area contributed by atoms with Crippen LogP contribution < -0.4 is 20.2 Å². The monoisotopic (exact) mass is 493 g/mol. The van der Waals surface area contributed by atoms with E-state index in [-0.39, 0.29) is 11.8 Å². The minimum Gasteiger partial charge on any atom is -0.497 e. The second-order valence-electron chi connectivity index (χ2n) is 8.08. The molecule has 1 atom stereocenters. The second kappa shape index (κ2) is 12.6. The number of hydrazone groups is 1. The number of ether oxygens (including phenoxy) is 2. The maximum Gasteiger partial charge on any atom is 0.262 e. The Morgan fingerprint density at radius 2 is 1.69 bits per heavy atom. The zero-order valence-corrected chi connectivity index (χ0v) is 20.6. The number of amides is 2. The van der Waals surface area contributed by atoms with E-state index in [4.69, 9.17) is 21.1 Å². The van der Waals surface area contributed by atoms with Crippen LogP contribution >= 0.6 is 11.6 Å². The van der Waals surface area contributed by atoms with Gasteiger partial charge in [0.05, 0.1) is 13.3 Å². The molecule has 182 valence electrons. The fraction of sp³-hybridized carbons (Fsp3) is 0.222. The SMILES string of the molecule is COc1ccc(C(=O)NC(C(=O)NN=Cc2ccccc2OCc2ccccc2Cl)C(C)C)cc1. The molecule has 2 amide bonds. The van der Waals surface area contributed by atoms with Crippen LogP contribution in [0.25, 0.3) is 0 Å². The Kier molecular flexibility index (Phi) is 9.26. The highest BCUT2D eigenvalue weighted by Crippen LogP contribution is 2.21. The lowest BCUT2D eigenvalue weighted by atomic mass is 10.0.